The monoisotopic (exact) mass is 722 g/mol. The molecule has 54 heavy (non-hydrogen) atoms. The molecule has 9 aromatic carbocycles. The predicted molar refractivity (Wildman–Crippen MR) is 234 cm³/mol. The first-order valence-corrected chi connectivity index (χ1v) is 20.4. The van der Waals surface area contributed by atoms with Gasteiger partial charge in [-0.15, -0.1) is 0 Å². The standard InChI is InChI=1S/C51H35BS2/c1-51(2,36-16-4-3-5-17-36)37-26-27-43-45(31-37)54-47-30-35(29-46-50(47)52(43)42-22-12-13-23-44(42)53-46)49-40-20-10-8-18-38(40)48(39-19-9-11-21-41(39)49)34-25-24-32-14-6-7-15-33(32)28-34/h3-31H,1-2H3. The van der Waals surface area contributed by atoms with Crippen molar-refractivity contribution < 1.29 is 0 Å². The van der Waals surface area contributed by atoms with Gasteiger partial charge in [0.15, 0.2) is 0 Å². The van der Waals surface area contributed by atoms with Crippen molar-refractivity contribution >= 4 is 78.9 Å². The maximum Gasteiger partial charge on any atom is 0.247 e. The summed E-state index contributed by atoms with van der Waals surface area (Å²) in [5.41, 5.74) is 12.0. The minimum atomic E-state index is -0.116. The molecule has 0 aliphatic carbocycles. The predicted octanol–water partition coefficient (Wildman–Crippen LogP) is 12.3. The summed E-state index contributed by atoms with van der Waals surface area (Å²) in [5.74, 6) is 0. The lowest BCUT2D eigenvalue weighted by Gasteiger charge is -2.35. The summed E-state index contributed by atoms with van der Waals surface area (Å²) < 4.78 is 0. The van der Waals surface area contributed by atoms with Gasteiger partial charge in [0.1, 0.15) is 0 Å². The first-order valence-electron chi connectivity index (χ1n) is 18.8. The van der Waals surface area contributed by atoms with E-state index >= 15 is 0 Å². The summed E-state index contributed by atoms with van der Waals surface area (Å²) in [4.78, 5) is 5.44. The zero-order valence-electron chi connectivity index (χ0n) is 30.1. The van der Waals surface area contributed by atoms with E-state index in [9.17, 15) is 0 Å². The van der Waals surface area contributed by atoms with Gasteiger partial charge in [-0.25, -0.2) is 0 Å². The first-order chi connectivity index (χ1) is 26.5. The van der Waals surface area contributed by atoms with Crippen LogP contribution >= 0.6 is 23.5 Å². The maximum atomic E-state index is 2.51. The van der Waals surface area contributed by atoms with Gasteiger partial charge in [-0.1, -0.05) is 194 Å². The van der Waals surface area contributed by atoms with Gasteiger partial charge >= 0.3 is 0 Å². The summed E-state index contributed by atoms with van der Waals surface area (Å²) in [6.07, 6.45) is 0. The molecule has 0 atom stereocenters. The summed E-state index contributed by atoms with van der Waals surface area (Å²) in [7, 11) is 0. The Hall–Kier alpha value is -5.48. The van der Waals surface area contributed by atoms with Gasteiger partial charge in [0.25, 0.3) is 0 Å². The van der Waals surface area contributed by atoms with Gasteiger partial charge in [0.05, 0.1) is 0 Å². The Balaban J connectivity index is 1.14. The van der Waals surface area contributed by atoms with E-state index in [2.05, 4.69) is 190 Å². The molecule has 0 fully saturated rings. The minimum Gasteiger partial charge on any atom is -0.0911 e. The number of hydrogen-bond acceptors (Lipinski definition) is 2. The smallest absolute Gasteiger partial charge is 0.0911 e. The first kappa shape index (κ1) is 32.0. The molecule has 11 rings (SSSR count). The van der Waals surface area contributed by atoms with Crippen LogP contribution in [0.15, 0.2) is 196 Å². The fraction of sp³-hybridized carbons (Fsp3) is 0.0588. The van der Waals surface area contributed by atoms with Gasteiger partial charge in [0.2, 0.25) is 6.71 Å². The molecule has 254 valence electrons. The fourth-order valence-electron chi connectivity index (χ4n) is 9.09. The molecular weight excluding hydrogens is 688 g/mol. The van der Waals surface area contributed by atoms with E-state index in [4.69, 9.17) is 0 Å². The van der Waals surface area contributed by atoms with Crippen LogP contribution in [-0.2, 0) is 5.41 Å². The molecule has 0 nitrogen and oxygen atoms in total. The van der Waals surface area contributed by atoms with Gasteiger partial charge in [-0.05, 0) is 101 Å². The molecule has 0 radical (unpaired) electrons. The number of benzene rings is 9. The lowest BCUT2D eigenvalue weighted by molar-refractivity contribution is 0.639. The van der Waals surface area contributed by atoms with Crippen molar-refractivity contribution in [2.45, 2.75) is 38.8 Å². The zero-order chi connectivity index (χ0) is 36.0. The molecular formula is C51H35BS2. The largest absolute Gasteiger partial charge is 0.247 e. The van der Waals surface area contributed by atoms with Gasteiger partial charge in [0, 0.05) is 25.0 Å². The second-order valence-corrected chi connectivity index (χ2v) is 17.4. The van der Waals surface area contributed by atoms with E-state index in [0.717, 1.165) is 0 Å². The van der Waals surface area contributed by atoms with Gasteiger partial charge < -0.3 is 0 Å². The van der Waals surface area contributed by atoms with Crippen molar-refractivity contribution in [2.24, 2.45) is 0 Å². The van der Waals surface area contributed by atoms with Crippen LogP contribution in [0.25, 0.3) is 54.6 Å². The molecule has 0 aromatic heterocycles. The third-order valence-electron chi connectivity index (χ3n) is 11.9. The highest BCUT2D eigenvalue weighted by atomic mass is 32.2. The van der Waals surface area contributed by atoms with Crippen LogP contribution in [0, 0.1) is 0 Å². The molecule has 0 spiro atoms. The Labute approximate surface area is 325 Å². The molecule has 2 heterocycles. The maximum absolute atomic E-state index is 2.51. The molecule has 0 saturated heterocycles. The average Bonchev–Trinajstić information content (AvgIpc) is 3.22. The Morgan fingerprint density at radius 2 is 0.944 bits per heavy atom. The Bertz CT molecular complexity index is 2920. The molecule has 3 heteroatoms. The van der Waals surface area contributed by atoms with Crippen molar-refractivity contribution in [2.75, 3.05) is 0 Å². The molecule has 0 bridgehead atoms. The van der Waals surface area contributed by atoms with Gasteiger partial charge in [-0.2, -0.15) is 0 Å². The topological polar surface area (TPSA) is 0 Å². The third kappa shape index (κ3) is 4.88. The lowest BCUT2D eigenvalue weighted by Crippen LogP contribution is -2.58. The molecule has 2 aliphatic rings. The Kier molecular flexibility index (Phi) is 7.28. The molecule has 0 saturated carbocycles. The summed E-state index contributed by atoms with van der Waals surface area (Å²) in [6, 6.07) is 66.0. The SMILES string of the molecule is CC(C)(c1ccccc1)c1ccc2c(c1)Sc1cc(-c3c4ccccc4c(-c4ccc5ccccc5c4)c4ccccc34)cc3c1B2c1ccccc1S3. The second-order valence-electron chi connectivity index (χ2n) is 15.2. The quantitative estimate of drug-likeness (QED) is 0.131. The van der Waals surface area contributed by atoms with Crippen LogP contribution in [-0.4, -0.2) is 6.71 Å². The van der Waals surface area contributed by atoms with Crippen LogP contribution in [0.1, 0.15) is 25.0 Å². The van der Waals surface area contributed by atoms with Crippen molar-refractivity contribution in [3.8, 4) is 22.3 Å². The highest BCUT2D eigenvalue weighted by Gasteiger charge is 2.39. The fourth-order valence-corrected chi connectivity index (χ4v) is 11.6. The van der Waals surface area contributed by atoms with Crippen molar-refractivity contribution in [1.29, 1.82) is 0 Å². The minimum absolute atomic E-state index is 0.116. The Morgan fingerprint density at radius 1 is 0.389 bits per heavy atom. The van der Waals surface area contributed by atoms with Crippen LogP contribution in [0.2, 0.25) is 0 Å². The summed E-state index contributed by atoms with van der Waals surface area (Å²) in [5, 5.41) is 7.68. The average molecular weight is 723 g/mol. The second kappa shape index (κ2) is 12.3. The number of hydrogen-bond donors (Lipinski definition) is 0. The van der Waals surface area contributed by atoms with E-state index in [-0.39, 0.29) is 12.1 Å². The van der Waals surface area contributed by atoms with E-state index in [1.165, 1.54) is 102 Å². The molecule has 0 unspecified atom stereocenters. The molecule has 0 amide bonds. The van der Waals surface area contributed by atoms with E-state index < -0.39 is 0 Å². The normalized spacial score (nSPS) is 13.2. The van der Waals surface area contributed by atoms with E-state index in [1.807, 2.05) is 23.5 Å². The highest BCUT2D eigenvalue weighted by Crippen LogP contribution is 2.47. The molecule has 2 aliphatic heterocycles. The molecule has 0 N–H and O–H groups in total. The van der Waals surface area contributed by atoms with Crippen molar-refractivity contribution in [3.05, 3.63) is 187 Å². The van der Waals surface area contributed by atoms with E-state index in [0.29, 0.717) is 0 Å². The lowest BCUT2D eigenvalue weighted by atomic mass is 9.36. The van der Waals surface area contributed by atoms with Crippen LogP contribution in [0.3, 0.4) is 0 Å². The third-order valence-corrected chi connectivity index (χ3v) is 14.1. The van der Waals surface area contributed by atoms with E-state index in [1.54, 1.807) is 0 Å². The van der Waals surface area contributed by atoms with Crippen LogP contribution < -0.4 is 16.4 Å². The molecule has 9 aromatic rings. The summed E-state index contributed by atoms with van der Waals surface area (Å²) >= 11 is 3.89. The zero-order valence-corrected chi connectivity index (χ0v) is 31.8. The number of rotatable bonds is 4. The van der Waals surface area contributed by atoms with Crippen LogP contribution in [0.4, 0.5) is 0 Å². The van der Waals surface area contributed by atoms with Crippen molar-refractivity contribution in [1.82, 2.24) is 0 Å². The highest BCUT2D eigenvalue weighted by molar-refractivity contribution is 8.01. The Morgan fingerprint density at radius 3 is 1.65 bits per heavy atom. The number of fused-ring (bicyclic) bond motifs is 7. The summed E-state index contributed by atoms with van der Waals surface area (Å²) in [6.45, 7) is 4.91. The van der Waals surface area contributed by atoms with Gasteiger partial charge in [-0.3, -0.25) is 0 Å². The van der Waals surface area contributed by atoms with Crippen molar-refractivity contribution in [3.63, 3.8) is 0 Å². The van der Waals surface area contributed by atoms with Crippen LogP contribution in [0.5, 0.6) is 0 Å².